The van der Waals surface area contributed by atoms with Crippen LogP contribution in [0.5, 0.6) is 0 Å². The highest BCUT2D eigenvalue weighted by atomic mass is 16.5. The van der Waals surface area contributed by atoms with E-state index in [0.29, 0.717) is 13.2 Å². The van der Waals surface area contributed by atoms with Crippen LogP contribution in [0.1, 0.15) is 32.6 Å². The molecule has 0 rings (SSSR count). The van der Waals surface area contributed by atoms with E-state index in [1.807, 2.05) is 19.1 Å². The number of unbranched alkanes of at least 4 members (excludes halogenated alkanes) is 3. The van der Waals surface area contributed by atoms with E-state index in [0.717, 1.165) is 25.9 Å². The van der Waals surface area contributed by atoms with Crippen molar-refractivity contribution in [2.24, 2.45) is 0 Å². The van der Waals surface area contributed by atoms with Gasteiger partial charge in [0.1, 0.15) is 0 Å². The molecule has 0 radical (unpaired) electrons. The van der Waals surface area contributed by atoms with Crippen molar-refractivity contribution >= 4 is 5.97 Å². The normalized spacial score (nSPS) is 10.2. The van der Waals surface area contributed by atoms with Crippen LogP contribution in [0.2, 0.25) is 0 Å². The smallest absolute Gasteiger partial charge is 0.320 e. The molecule has 0 aromatic heterocycles. The molecule has 0 saturated carbocycles. The van der Waals surface area contributed by atoms with Crippen LogP contribution >= 0.6 is 0 Å². The van der Waals surface area contributed by atoms with Gasteiger partial charge < -0.3 is 4.74 Å². The molecule has 98 valence electrons. The third-order valence-electron chi connectivity index (χ3n) is 2.43. The van der Waals surface area contributed by atoms with Gasteiger partial charge in [0.25, 0.3) is 0 Å². The summed E-state index contributed by atoms with van der Waals surface area (Å²) in [7, 11) is 0. The van der Waals surface area contributed by atoms with Gasteiger partial charge in [0, 0.05) is 6.54 Å². The first-order valence-electron chi connectivity index (χ1n) is 6.34. The topological polar surface area (TPSA) is 29.5 Å². The van der Waals surface area contributed by atoms with E-state index < -0.39 is 0 Å². The van der Waals surface area contributed by atoms with Crippen molar-refractivity contribution in [1.29, 1.82) is 0 Å². The second-order valence-electron chi connectivity index (χ2n) is 3.97. The summed E-state index contributed by atoms with van der Waals surface area (Å²) < 4.78 is 4.94. The van der Waals surface area contributed by atoms with Gasteiger partial charge in [-0.2, -0.15) is 0 Å². The van der Waals surface area contributed by atoms with Crippen LogP contribution in [0, 0.1) is 0 Å². The average Bonchev–Trinajstić information content (AvgIpc) is 2.29. The van der Waals surface area contributed by atoms with Gasteiger partial charge in [-0.3, -0.25) is 9.69 Å². The molecule has 0 heterocycles. The van der Waals surface area contributed by atoms with Crippen LogP contribution in [-0.2, 0) is 9.53 Å². The second-order valence-corrected chi connectivity index (χ2v) is 3.97. The molecule has 17 heavy (non-hydrogen) atoms. The molecule has 0 unspecified atom stereocenters. The molecule has 0 spiro atoms. The minimum absolute atomic E-state index is 0.152. The summed E-state index contributed by atoms with van der Waals surface area (Å²) in [5.74, 6) is -0.152. The zero-order valence-corrected chi connectivity index (χ0v) is 11.0. The van der Waals surface area contributed by atoms with Crippen molar-refractivity contribution in [3.05, 3.63) is 25.3 Å². The maximum Gasteiger partial charge on any atom is 0.320 e. The third kappa shape index (κ3) is 9.82. The molecule has 3 nitrogen and oxygen atoms in total. The molecule has 0 aromatic carbocycles. The van der Waals surface area contributed by atoms with Gasteiger partial charge in [-0.05, 0) is 32.7 Å². The maximum absolute atomic E-state index is 11.4. The second kappa shape index (κ2) is 11.4. The summed E-state index contributed by atoms with van der Waals surface area (Å²) in [6.07, 6.45) is 8.27. The minimum atomic E-state index is -0.152. The quantitative estimate of drug-likeness (QED) is 0.315. The zero-order chi connectivity index (χ0) is 12.9. The Labute approximate surface area is 105 Å². The lowest BCUT2D eigenvalue weighted by molar-refractivity contribution is -0.144. The number of carbonyl (C=O) groups is 1. The lowest BCUT2D eigenvalue weighted by Crippen LogP contribution is -2.32. The Kier molecular flexibility index (Phi) is 10.7. The summed E-state index contributed by atoms with van der Waals surface area (Å²) in [5.41, 5.74) is 0. The number of ether oxygens (including phenoxy) is 1. The average molecular weight is 239 g/mol. The van der Waals surface area contributed by atoms with Crippen molar-refractivity contribution in [1.82, 2.24) is 4.90 Å². The fraction of sp³-hybridized carbons (Fsp3) is 0.643. The zero-order valence-electron chi connectivity index (χ0n) is 11.0. The minimum Gasteiger partial charge on any atom is -0.465 e. The van der Waals surface area contributed by atoms with Crippen LogP contribution in [0.4, 0.5) is 0 Å². The molecule has 0 aliphatic heterocycles. The van der Waals surface area contributed by atoms with Gasteiger partial charge in [-0.1, -0.05) is 18.6 Å². The van der Waals surface area contributed by atoms with Crippen LogP contribution in [0.3, 0.4) is 0 Å². The maximum atomic E-state index is 11.4. The first kappa shape index (κ1) is 15.9. The Balaban J connectivity index is 3.76. The molecule has 3 heteroatoms. The highest BCUT2D eigenvalue weighted by Gasteiger charge is 2.09. The molecule has 0 amide bonds. The Morgan fingerprint density at radius 3 is 2.59 bits per heavy atom. The van der Waals surface area contributed by atoms with E-state index in [2.05, 4.69) is 18.1 Å². The van der Waals surface area contributed by atoms with Gasteiger partial charge in [-0.25, -0.2) is 0 Å². The van der Waals surface area contributed by atoms with Gasteiger partial charge >= 0.3 is 5.97 Å². The SMILES string of the molecule is C=CCCCCCN(CC=C)CC(=O)OCC. The van der Waals surface area contributed by atoms with Crippen molar-refractivity contribution < 1.29 is 9.53 Å². The number of allylic oxidation sites excluding steroid dienone is 1. The molecule has 0 aliphatic carbocycles. The number of esters is 1. The number of hydrogen-bond donors (Lipinski definition) is 0. The standard InChI is InChI=1S/C14H25NO2/c1-4-7-8-9-10-12-15(11-5-2)13-14(16)17-6-3/h4-5H,1-2,6-13H2,3H3. The van der Waals surface area contributed by atoms with Crippen LogP contribution in [0.25, 0.3) is 0 Å². The largest absolute Gasteiger partial charge is 0.465 e. The lowest BCUT2D eigenvalue weighted by Gasteiger charge is -2.19. The Morgan fingerprint density at radius 1 is 1.24 bits per heavy atom. The number of rotatable bonds is 11. The van der Waals surface area contributed by atoms with E-state index in [9.17, 15) is 4.79 Å². The Hall–Kier alpha value is -1.09. The van der Waals surface area contributed by atoms with Crippen molar-refractivity contribution in [3.63, 3.8) is 0 Å². The fourth-order valence-electron chi connectivity index (χ4n) is 1.61. The molecule has 0 aliphatic rings. The summed E-state index contributed by atoms with van der Waals surface area (Å²) >= 11 is 0. The van der Waals surface area contributed by atoms with Gasteiger partial charge in [0.05, 0.1) is 13.2 Å². The first-order valence-corrected chi connectivity index (χ1v) is 6.34. The number of nitrogens with zero attached hydrogens (tertiary/aromatic N) is 1. The summed E-state index contributed by atoms with van der Waals surface area (Å²) in [4.78, 5) is 13.4. The van der Waals surface area contributed by atoms with Gasteiger partial charge in [0.15, 0.2) is 0 Å². The molecule has 0 aromatic rings. The Bertz CT molecular complexity index is 226. The summed E-state index contributed by atoms with van der Waals surface area (Å²) in [6.45, 7) is 11.7. The first-order chi connectivity index (χ1) is 8.24. The number of hydrogen-bond acceptors (Lipinski definition) is 3. The van der Waals surface area contributed by atoms with E-state index in [-0.39, 0.29) is 5.97 Å². The van der Waals surface area contributed by atoms with Crippen molar-refractivity contribution in [2.45, 2.75) is 32.6 Å². The fourth-order valence-corrected chi connectivity index (χ4v) is 1.61. The molecule has 0 atom stereocenters. The van der Waals surface area contributed by atoms with E-state index in [1.54, 1.807) is 0 Å². The van der Waals surface area contributed by atoms with E-state index in [1.165, 1.54) is 12.8 Å². The third-order valence-corrected chi connectivity index (χ3v) is 2.43. The molecule has 0 N–H and O–H groups in total. The highest BCUT2D eigenvalue weighted by Crippen LogP contribution is 2.02. The summed E-state index contributed by atoms with van der Waals surface area (Å²) in [6, 6.07) is 0. The lowest BCUT2D eigenvalue weighted by atomic mass is 10.2. The van der Waals surface area contributed by atoms with Crippen molar-refractivity contribution in [3.8, 4) is 0 Å². The number of carbonyl (C=O) groups excluding carboxylic acids is 1. The van der Waals surface area contributed by atoms with Crippen LogP contribution < -0.4 is 0 Å². The van der Waals surface area contributed by atoms with Gasteiger partial charge in [-0.15, -0.1) is 13.2 Å². The van der Waals surface area contributed by atoms with E-state index >= 15 is 0 Å². The monoisotopic (exact) mass is 239 g/mol. The van der Waals surface area contributed by atoms with E-state index in [4.69, 9.17) is 4.74 Å². The van der Waals surface area contributed by atoms with Gasteiger partial charge in [0.2, 0.25) is 0 Å². The molecule has 0 bridgehead atoms. The van der Waals surface area contributed by atoms with Crippen molar-refractivity contribution in [2.75, 3.05) is 26.2 Å². The molecule has 0 fully saturated rings. The Morgan fingerprint density at radius 2 is 2.00 bits per heavy atom. The molecular formula is C14H25NO2. The predicted molar refractivity (Wildman–Crippen MR) is 71.9 cm³/mol. The highest BCUT2D eigenvalue weighted by molar-refractivity contribution is 5.71. The predicted octanol–water partition coefficient (Wildman–Crippen LogP) is 2.78. The van der Waals surface area contributed by atoms with Crippen LogP contribution in [0.15, 0.2) is 25.3 Å². The summed E-state index contributed by atoms with van der Waals surface area (Å²) in [5, 5.41) is 0. The van der Waals surface area contributed by atoms with Crippen LogP contribution in [-0.4, -0.2) is 37.1 Å². The molecular weight excluding hydrogens is 214 g/mol. The molecule has 0 saturated heterocycles.